The number of hydrogen-bond acceptors (Lipinski definition) is 6. The highest BCUT2D eigenvalue weighted by atomic mass is 16.5. The van der Waals surface area contributed by atoms with Crippen molar-refractivity contribution in [3.63, 3.8) is 0 Å². The van der Waals surface area contributed by atoms with E-state index in [0.29, 0.717) is 40.2 Å². The van der Waals surface area contributed by atoms with Crippen molar-refractivity contribution in [3.8, 4) is 5.88 Å². The van der Waals surface area contributed by atoms with Crippen LogP contribution in [-0.4, -0.2) is 65.9 Å². The minimum absolute atomic E-state index is 0.0434. The second-order valence-electron chi connectivity index (χ2n) is 10.6. The van der Waals surface area contributed by atoms with Crippen LogP contribution in [0.15, 0.2) is 71.7 Å². The first-order valence-electron chi connectivity index (χ1n) is 13.4. The molecule has 1 aliphatic carbocycles. The number of nitrogens with one attached hydrogen (secondary N) is 2. The molecule has 1 heterocycles. The molecule has 0 radical (unpaired) electrons. The number of methoxy groups -OCH3 is 1. The third kappa shape index (κ3) is 5.10. The molecule has 206 valence electrons. The number of esters is 1. The van der Waals surface area contributed by atoms with Crippen molar-refractivity contribution in [2.75, 3.05) is 27.7 Å². The van der Waals surface area contributed by atoms with Gasteiger partial charge in [0.15, 0.2) is 5.88 Å². The Morgan fingerprint density at radius 1 is 1.05 bits per heavy atom. The number of aliphatic imine (C=N–C) groups is 1. The van der Waals surface area contributed by atoms with Gasteiger partial charge in [0.05, 0.1) is 29.6 Å². The molecule has 1 amide bonds. The Labute approximate surface area is 233 Å². The monoisotopic (exact) mass is 538 g/mol. The molecule has 8 heteroatoms. The van der Waals surface area contributed by atoms with Crippen molar-refractivity contribution >= 4 is 34.2 Å². The maximum Gasteiger partial charge on any atom is 0.338 e. The molecule has 0 unspecified atom stereocenters. The Balaban J connectivity index is 1.49. The first kappa shape index (κ1) is 27.1. The van der Waals surface area contributed by atoms with Gasteiger partial charge in [-0.3, -0.25) is 4.79 Å². The van der Waals surface area contributed by atoms with Gasteiger partial charge in [-0.2, -0.15) is 0 Å². The first-order valence-corrected chi connectivity index (χ1v) is 13.4. The van der Waals surface area contributed by atoms with Gasteiger partial charge < -0.3 is 25.0 Å². The van der Waals surface area contributed by atoms with E-state index >= 15 is 0 Å². The summed E-state index contributed by atoms with van der Waals surface area (Å²) in [7, 11) is 5.47. The van der Waals surface area contributed by atoms with E-state index < -0.39 is 5.97 Å². The number of nitrogens with zero attached hydrogens (tertiary/aromatic N) is 2. The number of ether oxygens (including phenoxy) is 1. The van der Waals surface area contributed by atoms with E-state index in [1.54, 1.807) is 30.3 Å². The van der Waals surface area contributed by atoms with Gasteiger partial charge in [-0.15, -0.1) is 0 Å². The average molecular weight is 539 g/mol. The molecule has 0 atom stereocenters. The topological polar surface area (TPSA) is 107 Å². The van der Waals surface area contributed by atoms with Gasteiger partial charge in [-0.05, 0) is 82.2 Å². The van der Waals surface area contributed by atoms with Crippen molar-refractivity contribution in [3.05, 3.63) is 94.5 Å². The first-order chi connectivity index (χ1) is 19.2. The zero-order valence-corrected chi connectivity index (χ0v) is 23.2. The molecule has 8 nitrogen and oxygen atoms in total. The summed E-state index contributed by atoms with van der Waals surface area (Å²) in [5.41, 5.74) is 4.87. The molecule has 1 aromatic heterocycles. The van der Waals surface area contributed by atoms with Gasteiger partial charge in [0.25, 0.3) is 5.91 Å². The molecule has 40 heavy (non-hydrogen) atoms. The molecular weight excluding hydrogens is 504 g/mol. The lowest BCUT2D eigenvalue weighted by atomic mass is 9.75. The molecule has 1 saturated carbocycles. The number of benzene rings is 3. The van der Waals surface area contributed by atoms with E-state index in [-0.39, 0.29) is 17.3 Å². The molecule has 1 aliphatic rings. The van der Waals surface area contributed by atoms with Gasteiger partial charge in [0.2, 0.25) is 0 Å². The zero-order chi connectivity index (χ0) is 28.4. The predicted octanol–water partition coefficient (Wildman–Crippen LogP) is 5.35. The SMILES string of the molecule is COC(=O)c1cc2[nH]c(O)c(C(=Nc3ccc(C(=O)NCC4(N(C)C)CCC4)cc3)c3ccccc3)c2cc1C. The van der Waals surface area contributed by atoms with Crippen LogP contribution in [0.1, 0.15) is 56.7 Å². The van der Waals surface area contributed by atoms with Crippen LogP contribution in [0.2, 0.25) is 0 Å². The Morgan fingerprint density at radius 3 is 2.35 bits per heavy atom. The van der Waals surface area contributed by atoms with E-state index in [4.69, 9.17) is 9.73 Å². The summed E-state index contributed by atoms with van der Waals surface area (Å²) in [6, 6.07) is 20.3. The lowest BCUT2D eigenvalue weighted by Gasteiger charge is -2.47. The lowest BCUT2D eigenvalue weighted by Crippen LogP contribution is -2.57. The number of H-pyrrole nitrogens is 1. The van der Waals surface area contributed by atoms with Crippen LogP contribution in [0.4, 0.5) is 5.69 Å². The fourth-order valence-corrected chi connectivity index (χ4v) is 5.30. The molecule has 3 N–H and O–H groups in total. The van der Waals surface area contributed by atoms with Crippen molar-refractivity contribution in [2.24, 2.45) is 4.99 Å². The van der Waals surface area contributed by atoms with Crippen LogP contribution >= 0.6 is 0 Å². The quantitative estimate of drug-likeness (QED) is 0.207. The number of rotatable bonds is 8. The largest absolute Gasteiger partial charge is 0.494 e. The molecule has 4 aromatic rings. The second-order valence-corrected chi connectivity index (χ2v) is 10.6. The Bertz CT molecular complexity index is 1580. The van der Waals surface area contributed by atoms with Crippen molar-refractivity contribution in [2.45, 2.75) is 31.7 Å². The van der Waals surface area contributed by atoms with Gasteiger partial charge in [-0.1, -0.05) is 30.3 Å². The lowest BCUT2D eigenvalue weighted by molar-refractivity contribution is 0.0557. The van der Waals surface area contributed by atoms with E-state index in [0.717, 1.165) is 29.4 Å². The van der Waals surface area contributed by atoms with E-state index in [2.05, 4.69) is 29.3 Å². The maximum atomic E-state index is 12.9. The van der Waals surface area contributed by atoms with Gasteiger partial charge in [0.1, 0.15) is 0 Å². The van der Waals surface area contributed by atoms with E-state index in [1.165, 1.54) is 13.5 Å². The molecule has 0 spiro atoms. The summed E-state index contributed by atoms with van der Waals surface area (Å²) >= 11 is 0. The molecule has 5 rings (SSSR count). The number of aryl methyl sites for hydroxylation is 1. The average Bonchev–Trinajstić information content (AvgIpc) is 3.24. The maximum absolute atomic E-state index is 12.9. The number of aromatic amines is 1. The van der Waals surface area contributed by atoms with E-state index in [9.17, 15) is 14.7 Å². The van der Waals surface area contributed by atoms with Crippen LogP contribution < -0.4 is 5.32 Å². The number of aromatic nitrogens is 1. The standard InChI is InChI=1S/C32H34N4O4/c1-20-17-25-26(18-24(20)31(39)40-4)35-30(38)27(25)28(21-9-6-5-7-10-21)34-23-13-11-22(12-14-23)29(37)33-19-32(36(2)3)15-8-16-32/h5-7,9-14,17-18,35,38H,8,15-16,19H2,1-4H3,(H,33,37). The molecule has 1 fully saturated rings. The number of carbonyl (C=O) groups is 2. The fourth-order valence-electron chi connectivity index (χ4n) is 5.30. The van der Waals surface area contributed by atoms with Crippen molar-refractivity contribution in [1.82, 2.24) is 15.2 Å². The smallest absolute Gasteiger partial charge is 0.338 e. The molecule has 0 bridgehead atoms. The molecule has 3 aromatic carbocycles. The molecule has 0 aliphatic heterocycles. The highest BCUT2D eigenvalue weighted by Crippen LogP contribution is 2.36. The Morgan fingerprint density at radius 2 is 1.75 bits per heavy atom. The van der Waals surface area contributed by atoms with Gasteiger partial charge >= 0.3 is 5.97 Å². The summed E-state index contributed by atoms with van der Waals surface area (Å²) in [6.07, 6.45) is 3.35. The second kappa shape index (κ2) is 11.0. The van der Waals surface area contributed by atoms with Crippen LogP contribution in [0.25, 0.3) is 10.9 Å². The van der Waals surface area contributed by atoms with Gasteiger partial charge in [0, 0.05) is 34.1 Å². The normalized spacial score (nSPS) is 14.7. The summed E-state index contributed by atoms with van der Waals surface area (Å²) < 4.78 is 4.91. The van der Waals surface area contributed by atoms with Crippen molar-refractivity contribution < 1.29 is 19.4 Å². The van der Waals surface area contributed by atoms with Crippen LogP contribution in [0.5, 0.6) is 5.88 Å². The number of likely N-dealkylation sites (N-methyl/N-ethyl adjacent to an activating group) is 1. The summed E-state index contributed by atoms with van der Waals surface area (Å²) in [4.78, 5) is 35.2. The highest BCUT2D eigenvalue weighted by molar-refractivity contribution is 6.22. The van der Waals surface area contributed by atoms with E-state index in [1.807, 2.05) is 43.3 Å². The Hall–Kier alpha value is -4.43. The van der Waals surface area contributed by atoms with Gasteiger partial charge in [-0.25, -0.2) is 9.79 Å². The fraction of sp³-hybridized carbons (Fsp3) is 0.281. The minimum Gasteiger partial charge on any atom is -0.494 e. The minimum atomic E-state index is -0.444. The zero-order valence-electron chi connectivity index (χ0n) is 23.2. The number of hydrogen-bond donors (Lipinski definition) is 3. The number of fused-ring (bicyclic) bond motifs is 1. The molecular formula is C32H34N4O4. The Kier molecular flexibility index (Phi) is 7.45. The summed E-state index contributed by atoms with van der Waals surface area (Å²) in [6.45, 7) is 2.45. The highest BCUT2D eigenvalue weighted by Gasteiger charge is 2.39. The van der Waals surface area contributed by atoms with Crippen molar-refractivity contribution in [1.29, 1.82) is 0 Å². The van der Waals surface area contributed by atoms with Crippen LogP contribution in [-0.2, 0) is 4.74 Å². The third-order valence-electron chi connectivity index (χ3n) is 7.99. The predicted molar refractivity (Wildman–Crippen MR) is 157 cm³/mol. The number of amides is 1. The summed E-state index contributed by atoms with van der Waals surface area (Å²) in [5.74, 6) is -0.611. The third-order valence-corrected chi connectivity index (χ3v) is 7.99. The summed E-state index contributed by atoms with van der Waals surface area (Å²) in [5, 5.41) is 14.8. The van der Waals surface area contributed by atoms with Crippen LogP contribution in [0, 0.1) is 6.92 Å². The number of carbonyl (C=O) groups excluding carboxylic acids is 2. The van der Waals surface area contributed by atoms with Crippen LogP contribution in [0.3, 0.4) is 0 Å². The molecule has 0 saturated heterocycles. The number of aromatic hydroxyl groups is 1.